The Morgan fingerprint density at radius 3 is 1.69 bits per heavy atom. The van der Waals surface area contributed by atoms with Gasteiger partial charge in [0, 0.05) is 13.1 Å². The zero-order valence-electron chi connectivity index (χ0n) is 6.23. The number of aliphatic hydroxyl groups excluding tert-OH is 2. The maximum absolute atomic E-state index is 10.2. The van der Waals surface area contributed by atoms with Gasteiger partial charge in [-0.3, -0.25) is 9.69 Å². The Morgan fingerprint density at radius 1 is 1.08 bits per heavy atom. The Hall–Kier alpha value is 1.35. The molecule has 0 bridgehead atoms. The van der Waals surface area contributed by atoms with Crippen molar-refractivity contribution in [2.75, 3.05) is 32.8 Å². The molecule has 0 aromatic carbocycles. The molecule has 0 heterocycles. The van der Waals surface area contributed by atoms with Gasteiger partial charge in [-0.15, -0.1) is 0 Å². The van der Waals surface area contributed by atoms with E-state index in [0.717, 1.165) is 0 Å². The predicted molar refractivity (Wildman–Crippen MR) is 52.5 cm³/mol. The zero-order valence-corrected chi connectivity index (χ0v) is 6.23. The van der Waals surface area contributed by atoms with E-state index < -0.39 is 5.97 Å². The number of aliphatic hydroxyl groups is 2. The van der Waals surface area contributed by atoms with Crippen molar-refractivity contribution in [1.29, 1.82) is 0 Å². The van der Waals surface area contributed by atoms with Crippen LogP contribution in [0.1, 0.15) is 0 Å². The van der Waals surface area contributed by atoms with Gasteiger partial charge in [-0.05, 0) is 0 Å². The van der Waals surface area contributed by atoms with Crippen molar-refractivity contribution in [3.63, 3.8) is 0 Å². The van der Waals surface area contributed by atoms with Gasteiger partial charge in [0.15, 0.2) is 0 Å². The van der Waals surface area contributed by atoms with Gasteiger partial charge in [-0.25, -0.2) is 0 Å². The van der Waals surface area contributed by atoms with Crippen molar-refractivity contribution in [2.45, 2.75) is 0 Å². The summed E-state index contributed by atoms with van der Waals surface area (Å²) in [6.45, 7) is 0.251. The fourth-order valence-corrected chi connectivity index (χ4v) is 0.744. The van der Waals surface area contributed by atoms with Crippen LogP contribution in [0.5, 0.6) is 0 Å². The molecule has 13 heavy (non-hydrogen) atoms. The Bertz CT molecular complexity index is 119. The Kier molecular flexibility index (Phi) is 20.4. The topological polar surface area (TPSA) is 81.0 Å². The first-order valence-corrected chi connectivity index (χ1v) is 3.36. The number of hydrogen-bond donors (Lipinski definition) is 3. The van der Waals surface area contributed by atoms with E-state index in [9.17, 15) is 4.79 Å². The molecule has 0 saturated carbocycles. The van der Waals surface area contributed by atoms with E-state index in [1.807, 2.05) is 0 Å². The second kappa shape index (κ2) is 13.4. The van der Waals surface area contributed by atoms with Crippen LogP contribution in [0.2, 0.25) is 0 Å². The fraction of sp³-hybridized carbons (Fsp3) is 0.833. The summed E-state index contributed by atoms with van der Waals surface area (Å²) in [5.74, 6) is -0.952. The SMILES string of the molecule is O=C(O)CN(CCO)CCO.[NaH].[NaH]. The molecule has 0 atom stereocenters. The van der Waals surface area contributed by atoms with Gasteiger partial charge in [-0.1, -0.05) is 0 Å². The van der Waals surface area contributed by atoms with Crippen LogP contribution in [0, 0.1) is 0 Å². The summed E-state index contributed by atoms with van der Waals surface area (Å²) in [6, 6.07) is 0. The van der Waals surface area contributed by atoms with Crippen LogP contribution in [0.3, 0.4) is 0 Å². The van der Waals surface area contributed by atoms with E-state index in [2.05, 4.69) is 0 Å². The number of carboxylic acids is 1. The summed E-state index contributed by atoms with van der Waals surface area (Å²) in [4.78, 5) is 11.6. The number of hydrogen-bond acceptors (Lipinski definition) is 4. The van der Waals surface area contributed by atoms with Crippen LogP contribution < -0.4 is 0 Å². The Morgan fingerprint density at radius 2 is 1.46 bits per heavy atom. The number of aliphatic carboxylic acids is 1. The molecule has 0 amide bonds. The molecule has 5 nitrogen and oxygen atoms in total. The third-order valence-corrected chi connectivity index (χ3v) is 1.19. The molecule has 0 saturated heterocycles. The third-order valence-electron chi connectivity index (χ3n) is 1.19. The summed E-state index contributed by atoms with van der Waals surface area (Å²) in [6.07, 6.45) is 0. The van der Waals surface area contributed by atoms with E-state index >= 15 is 0 Å². The summed E-state index contributed by atoms with van der Waals surface area (Å²) >= 11 is 0. The Labute approximate surface area is 122 Å². The molecular weight excluding hydrogens is 196 g/mol. The minimum atomic E-state index is -0.952. The molecular formula is C6H15NNa2O4. The van der Waals surface area contributed by atoms with Crippen LogP contribution in [-0.2, 0) is 4.79 Å². The summed E-state index contributed by atoms with van der Waals surface area (Å²) in [5.41, 5.74) is 0. The van der Waals surface area contributed by atoms with Crippen molar-refractivity contribution in [2.24, 2.45) is 0 Å². The number of carbonyl (C=O) groups is 1. The first-order valence-electron chi connectivity index (χ1n) is 3.36. The molecule has 0 aliphatic heterocycles. The molecule has 7 heteroatoms. The molecule has 0 fully saturated rings. The average molecular weight is 211 g/mol. The van der Waals surface area contributed by atoms with Gasteiger partial charge < -0.3 is 15.3 Å². The molecule has 70 valence electrons. The van der Waals surface area contributed by atoms with E-state index in [0.29, 0.717) is 0 Å². The van der Waals surface area contributed by atoms with Crippen LogP contribution in [0.4, 0.5) is 0 Å². The van der Waals surface area contributed by atoms with Crippen LogP contribution in [0.25, 0.3) is 0 Å². The molecule has 0 aliphatic carbocycles. The molecule has 0 radical (unpaired) electrons. The van der Waals surface area contributed by atoms with Crippen LogP contribution in [0.15, 0.2) is 0 Å². The molecule has 0 aliphatic rings. The van der Waals surface area contributed by atoms with Crippen molar-refractivity contribution in [3.05, 3.63) is 0 Å². The second-order valence-electron chi connectivity index (χ2n) is 2.12. The number of carboxylic acid groups (broad SMARTS) is 1. The molecule has 0 spiro atoms. The predicted octanol–water partition coefficient (Wildman–Crippen LogP) is -2.94. The number of nitrogens with zero attached hydrogens (tertiary/aromatic N) is 1. The first kappa shape index (κ1) is 19.9. The third kappa shape index (κ3) is 13.3. The molecule has 0 rings (SSSR count). The monoisotopic (exact) mass is 211 g/mol. The van der Waals surface area contributed by atoms with E-state index in [4.69, 9.17) is 15.3 Å². The van der Waals surface area contributed by atoms with E-state index in [1.165, 1.54) is 4.90 Å². The van der Waals surface area contributed by atoms with Crippen molar-refractivity contribution in [3.8, 4) is 0 Å². The average Bonchev–Trinajstić information content (AvgIpc) is 1.87. The van der Waals surface area contributed by atoms with Gasteiger partial charge in [0.2, 0.25) is 0 Å². The number of rotatable bonds is 6. The molecule has 3 N–H and O–H groups in total. The first-order chi connectivity index (χ1) is 5.20. The minimum absolute atomic E-state index is 0. The quantitative estimate of drug-likeness (QED) is 0.410. The molecule has 0 aromatic rings. The second-order valence-corrected chi connectivity index (χ2v) is 2.12. The van der Waals surface area contributed by atoms with Gasteiger partial charge >= 0.3 is 65.1 Å². The zero-order chi connectivity index (χ0) is 8.69. The normalized spacial score (nSPS) is 8.85. The standard InChI is InChI=1S/C6H13NO4.2Na.2H/c8-3-1-7(2-4-9)5-6(10)11;;;;/h8-9H,1-5H2,(H,10,11);;;;. The fourth-order valence-electron chi connectivity index (χ4n) is 0.744. The van der Waals surface area contributed by atoms with Crippen molar-refractivity contribution >= 4 is 65.1 Å². The summed E-state index contributed by atoms with van der Waals surface area (Å²) in [5, 5.41) is 25.3. The summed E-state index contributed by atoms with van der Waals surface area (Å²) in [7, 11) is 0. The van der Waals surface area contributed by atoms with Crippen LogP contribution in [-0.4, -0.2) is 118 Å². The Balaban J connectivity index is -0.000000500. The van der Waals surface area contributed by atoms with Gasteiger partial charge in [-0.2, -0.15) is 0 Å². The van der Waals surface area contributed by atoms with Crippen molar-refractivity contribution < 1.29 is 20.1 Å². The van der Waals surface area contributed by atoms with Gasteiger partial charge in [0.1, 0.15) is 0 Å². The maximum atomic E-state index is 10.2. The van der Waals surface area contributed by atoms with E-state index in [-0.39, 0.29) is 92.0 Å². The van der Waals surface area contributed by atoms with E-state index in [1.54, 1.807) is 0 Å². The van der Waals surface area contributed by atoms with Gasteiger partial charge in [0.05, 0.1) is 19.8 Å². The summed E-state index contributed by atoms with van der Waals surface area (Å²) < 4.78 is 0. The molecule has 0 unspecified atom stereocenters. The molecule has 0 aromatic heterocycles. The van der Waals surface area contributed by atoms with Gasteiger partial charge in [0.25, 0.3) is 0 Å². The van der Waals surface area contributed by atoms with Crippen molar-refractivity contribution in [1.82, 2.24) is 4.90 Å². The van der Waals surface area contributed by atoms with Crippen LogP contribution >= 0.6 is 0 Å².